The molecule has 2 atom stereocenters. The molecule has 3 aliphatic heterocycles. The third-order valence-electron chi connectivity index (χ3n) is 4.76. The van der Waals surface area contributed by atoms with Crippen LogP contribution in [-0.4, -0.2) is 47.5 Å². The Bertz CT molecular complexity index is 563. The number of likely N-dealkylation sites (tertiary alicyclic amines) is 1. The lowest BCUT2D eigenvalue weighted by atomic mass is 9.89. The summed E-state index contributed by atoms with van der Waals surface area (Å²) in [4.78, 5) is 16.8. The molecule has 1 aromatic rings. The van der Waals surface area contributed by atoms with Gasteiger partial charge in [0.05, 0.1) is 5.69 Å². The van der Waals surface area contributed by atoms with Crippen LogP contribution in [0.2, 0.25) is 0 Å². The lowest BCUT2D eigenvalue weighted by molar-refractivity contribution is 0.127. The van der Waals surface area contributed by atoms with Crippen LogP contribution >= 0.6 is 11.8 Å². The number of hydrogen-bond acceptors (Lipinski definition) is 3. The molecular weight excluding hydrogens is 272 g/mol. The fraction of sp³-hybridized carbons (Fsp3) is 0.533. The zero-order valence-electron chi connectivity index (χ0n) is 11.3. The van der Waals surface area contributed by atoms with E-state index < -0.39 is 6.09 Å². The Balaban J connectivity index is 1.77. The molecule has 1 aromatic carbocycles. The molecule has 0 aromatic heterocycles. The van der Waals surface area contributed by atoms with Crippen LogP contribution in [0.15, 0.2) is 23.1 Å². The van der Waals surface area contributed by atoms with Crippen molar-refractivity contribution in [3.63, 3.8) is 0 Å². The SMILES string of the molecule is O=C(O)N1CCC2C(C1)c1cccc3c1N2CCCS3. The normalized spacial score (nSPS) is 27.8. The number of amides is 1. The van der Waals surface area contributed by atoms with Crippen LogP contribution in [0.25, 0.3) is 0 Å². The standard InChI is InChI=1S/C15H18N2O2S/c18-15(19)16-7-5-12-11(9-16)10-3-1-4-13-14(10)17(12)6-2-8-20-13/h1,3-4,11-12H,2,5-9H2,(H,18,19). The average Bonchev–Trinajstić information content (AvgIpc) is 2.63. The minimum Gasteiger partial charge on any atom is -0.465 e. The van der Waals surface area contributed by atoms with Crippen LogP contribution in [0, 0.1) is 0 Å². The fourth-order valence-electron chi connectivity index (χ4n) is 3.91. The van der Waals surface area contributed by atoms with Gasteiger partial charge in [-0.3, -0.25) is 0 Å². The van der Waals surface area contributed by atoms with Gasteiger partial charge in [-0.05, 0) is 30.2 Å². The fourth-order valence-corrected chi connectivity index (χ4v) is 4.95. The van der Waals surface area contributed by atoms with Gasteiger partial charge in [0.15, 0.2) is 0 Å². The van der Waals surface area contributed by atoms with E-state index in [2.05, 4.69) is 23.1 Å². The minimum absolute atomic E-state index is 0.355. The molecule has 1 fully saturated rings. The minimum atomic E-state index is -0.777. The summed E-state index contributed by atoms with van der Waals surface area (Å²) < 4.78 is 0. The van der Waals surface area contributed by atoms with Gasteiger partial charge in [-0.2, -0.15) is 0 Å². The number of fused-ring (bicyclic) bond motifs is 3. The van der Waals surface area contributed by atoms with Crippen molar-refractivity contribution in [3.05, 3.63) is 23.8 Å². The first-order chi connectivity index (χ1) is 9.75. The molecule has 0 aliphatic carbocycles. The highest BCUT2D eigenvalue weighted by Gasteiger charge is 2.44. The van der Waals surface area contributed by atoms with Crippen LogP contribution < -0.4 is 4.90 Å². The molecule has 2 unspecified atom stereocenters. The van der Waals surface area contributed by atoms with Crippen molar-refractivity contribution in [1.82, 2.24) is 4.90 Å². The number of piperidine rings is 1. The average molecular weight is 290 g/mol. The first-order valence-corrected chi connectivity index (χ1v) is 8.24. The Labute approximate surface area is 122 Å². The second kappa shape index (κ2) is 4.58. The highest BCUT2D eigenvalue weighted by Crippen LogP contribution is 2.50. The molecule has 1 amide bonds. The van der Waals surface area contributed by atoms with E-state index in [0.717, 1.165) is 13.0 Å². The summed E-state index contributed by atoms with van der Waals surface area (Å²) in [6.45, 7) is 2.44. The molecule has 106 valence electrons. The van der Waals surface area contributed by atoms with E-state index in [1.54, 1.807) is 4.90 Å². The Morgan fingerprint density at radius 3 is 3.10 bits per heavy atom. The van der Waals surface area contributed by atoms with E-state index in [9.17, 15) is 9.90 Å². The van der Waals surface area contributed by atoms with Crippen molar-refractivity contribution in [2.75, 3.05) is 30.3 Å². The summed E-state index contributed by atoms with van der Waals surface area (Å²) in [6, 6.07) is 7.05. The van der Waals surface area contributed by atoms with Crippen molar-refractivity contribution >= 4 is 23.5 Å². The summed E-state index contributed by atoms with van der Waals surface area (Å²) in [5.74, 6) is 1.54. The predicted molar refractivity (Wildman–Crippen MR) is 79.9 cm³/mol. The summed E-state index contributed by atoms with van der Waals surface area (Å²) >= 11 is 1.95. The molecule has 0 spiro atoms. The maximum atomic E-state index is 11.2. The zero-order chi connectivity index (χ0) is 13.7. The van der Waals surface area contributed by atoms with Crippen molar-refractivity contribution in [3.8, 4) is 0 Å². The molecule has 20 heavy (non-hydrogen) atoms. The van der Waals surface area contributed by atoms with Gasteiger partial charge >= 0.3 is 6.09 Å². The summed E-state index contributed by atoms with van der Waals surface area (Å²) in [5, 5.41) is 9.25. The third kappa shape index (κ3) is 1.72. The van der Waals surface area contributed by atoms with Crippen LogP contribution in [0.1, 0.15) is 24.3 Å². The molecule has 4 rings (SSSR count). The van der Waals surface area contributed by atoms with E-state index in [-0.39, 0.29) is 0 Å². The Morgan fingerprint density at radius 2 is 2.25 bits per heavy atom. The van der Waals surface area contributed by atoms with E-state index >= 15 is 0 Å². The summed E-state index contributed by atoms with van der Waals surface area (Å²) in [7, 11) is 0. The highest BCUT2D eigenvalue weighted by molar-refractivity contribution is 7.99. The molecule has 1 N–H and O–H groups in total. The van der Waals surface area contributed by atoms with E-state index in [0.29, 0.717) is 25.0 Å². The monoisotopic (exact) mass is 290 g/mol. The van der Waals surface area contributed by atoms with Gasteiger partial charge in [-0.1, -0.05) is 12.1 Å². The second-order valence-corrected chi connectivity index (χ2v) is 6.92. The first-order valence-electron chi connectivity index (χ1n) is 7.26. The van der Waals surface area contributed by atoms with Gasteiger partial charge in [-0.15, -0.1) is 11.8 Å². The van der Waals surface area contributed by atoms with E-state index in [1.807, 2.05) is 11.8 Å². The number of benzene rings is 1. The number of thioether (sulfide) groups is 1. The Morgan fingerprint density at radius 1 is 1.35 bits per heavy atom. The smallest absolute Gasteiger partial charge is 0.407 e. The largest absolute Gasteiger partial charge is 0.465 e. The van der Waals surface area contributed by atoms with Gasteiger partial charge in [0, 0.05) is 36.5 Å². The van der Waals surface area contributed by atoms with E-state index in [1.165, 1.54) is 28.3 Å². The number of rotatable bonds is 0. The van der Waals surface area contributed by atoms with Gasteiger partial charge < -0.3 is 14.9 Å². The van der Waals surface area contributed by atoms with Crippen LogP contribution in [-0.2, 0) is 0 Å². The lowest BCUT2D eigenvalue weighted by Gasteiger charge is -2.37. The van der Waals surface area contributed by atoms with Crippen molar-refractivity contribution in [2.45, 2.75) is 29.7 Å². The molecule has 5 heteroatoms. The number of carbonyl (C=O) groups is 1. The quantitative estimate of drug-likeness (QED) is 0.798. The van der Waals surface area contributed by atoms with Crippen molar-refractivity contribution < 1.29 is 9.90 Å². The lowest BCUT2D eigenvalue weighted by Crippen LogP contribution is -2.48. The molecule has 4 nitrogen and oxygen atoms in total. The van der Waals surface area contributed by atoms with Gasteiger partial charge in [0.1, 0.15) is 0 Å². The third-order valence-corrected chi connectivity index (χ3v) is 5.90. The predicted octanol–water partition coefficient (Wildman–Crippen LogP) is 2.84. The highest BCUT2D eigenvalue weighted by atomic mass is 32.2. The van der Waals surface area contributed by atoms with Gasteiger partial charge in [0.2, 0.25) is 0 Å². The molecule has 3 heterocycles. The van der Waals surface area contributed by atoms with E-state index in [4.69, 9.17) is 0 Å². The summed E-state index contributed by atoms with van der Waals surface area (Å²) in [6.07, 6.45) is 1.39. The topological polar surface area (TPSA) is 43.8 Å². The van der Waals surface area contributed by atoms with Crippen LogP contribution in [0.4, 0.5) is 10.5 Å². The molecule has 1 saturated heterocycles. The zero-order valence-corrected chi connectivity index (χ0v) is 12.1. The number of para-hydroxylation sites is 1. The van der Waals surface area contributed by atoms with Crippen molar-refractivity contribution in [2.24, 2.45) is 0 Å². The molecule has 0 saturated carbocycles. The van der Waals surface area contributed by atoms with Crippen molar-refractivity contribution in [1.29, 1.82) is 0 Å². The first kappa shape index (κ1) is 12.4. The Hall–Kier alpha value is -1.36. The number of anilines is 1. The molecule has 0 bridgehead atoms. The number of carboxylic acid groups (broad SMARTS) is 1. The Kier molecular flexibility index (Phi) is 2.84. The number of nitrogens with zero attached hydrogens (tertiary/aromatic N) is 2. The van der Waals surface area contributed by atoms with Crippen LogP contribution in [0.5, 0.6) is 0 Å². The molecular formula is C15H18N2O2S. The van der Waals surface area contributed by atoms with Crippen LogP contribution in [0.3, 0.4) is 0 Å². The number of hydrogen-bond donors (Lipinski definition) is 1. The van der Waals surface area contributed by atoms with Gasteiger partial charge in [0.25, 0.3) is 0 Å². The van der Waals surface area contributed by atoms with Gasteiger partial charge in [-0.25, -0.2) is 4.79 Å². The second-order valence-electron chi connectivity index (χ2n) is 5.78. The summed E-state index contributed by atoms with van der Waals surface area (Å²) in [5.41, 5.74) is 2.77. The maximum Gasteiger partial charge on any atom is 0.407 e. The molecule has 0 radical (unpaired) electrons. The maximum absolute atomic E-state index is 11.2. The molecule has 3 aliphatic rings.